The number of urea groups is 1. The van der Waals surface area contributed by atoms with Crippen LogP contribution >= 0.6 is 0 Å². The van der Waals surface area contributed by atoms with Gasteiger partial charge in [-0.1, -0.05) is 19.9 Å². The Morgan fingerprint density at radius 2 is 1.94 bits per heavy atom. The van der Waals surface area contributed by atoms with E-state index in [2.05, 4.69) is 34.5 Å². The highest BCUT2D eigenvalue weighted by molar-refractivity contribution is 6.02. The Hall–Kier alpha value is -4.19. The number of carbonyl (C=O) groups excluding carboxylic acids is 1. The van der Waals surface area contributed by atoms with Gasteiger partial charge in [-0.3, -0.25) is 4.98 Å². The Kier molecular flexibility index (Phi) is 6.87. The molecule has 1 saturated heterocycles. The predicted molar refractivity (Wildman–Crippen MR) is 131 cm³/mol. The van der Waals surface area contributed by atoms with Crippen molar-refractivity contribution in [2.24, 2.45) is 10.9 Å². The first-order chi connectivity index (χ1) is 16.5. The van der Waals surface area contributed by atoms with E-state index in [9.17, 15) is 14.4 Å². The maximum absolute atomic E-state index is 13.2. The van der Waals surface area contributed by atoms with Gasteiger partial charge in [-0.15, -0.1) is 4.99 Å². The van der Waals surface area contributed by atoms with Crippen LogP contribution in [0.3, 0.4) is 0 Å². The van der Waals surface area contributed by atoms with Crippen LogP contribution in [0.1, 0.15) is 13.8 Å². The van der Waals surface area contributed by atoms with E-state index in [1.165, 1.54) is 24.3 Å². The molecular weight excluding hydrogens is 433 g/mol. The van der Waals surface area contributed by atoms with Crippen LogP contribution in [0.4, 0.5) is 20.6 Å². The zero-order valence-electron chi connectivity index (χ0n) is 19.1. The van der Waals surface area contributed by atoms with Gasteiger partial charge in [-0.2, -0.15) is 5.26 Å². The largest absolute Gasteiger partial charge is 0.335 e. The van der Waals surface area contributed by atoms with Gasteiger partial charge >= 0.3 is 6.03 Å². The first-order valence-corrected chi connectivity index (χ1v) is 11.1. The number of halogens is 1. The summed E-state index contributed by atoms with van der Waals surface area (Å²) in [6, 6.07) is 14.9. The normalized spacial score (nSPS) is 16.4. The summed E-state index contributed by atoms with van der Waals surface area (Å²) in [5.41, 5.74) is 2.18. The molecule has 1 unspecified atom stereocenters. The standard InChI is InChI=1S/C25H26FN7O/c1-17(2)23-15-32(25(34)30-19-10-8-18(26)9-11-19)13-14-33(23)24(29-16-27)31-22-7-3-6-21-20(22)5-4-12-28-21/h3-12,17,23H,13-15H2,1-2H3,(H,29,31)(H,30,34). The number of aromatic nitrogens is 1. The van der Waals surface area contributed by atoms with Crippen LogP contribution < -0.4 is 10.6 Å². The summed E-state index contributed by atoms with van der Waals surface area (Å²) in [5, 5.41) is 16.5. The molecule has 8 nitrogen and oxygen atoms in total. The van der Waals surface area contributed by atoms with E-state index in [-0.39, 0.29) is 23.8 Å². The third-order valence-electron chi connectivity index (χ3n) is 5.89. The number of amides is 2. The van der Waals surface area contributed by atoms with E-state index >= 15 is 0 Å². The minimum atomic E-state index is -0.356. The van der Waals surface area contributed by atoms with Gasteiger partial charge in [0.05, 0.1) is 17.2 Å². The second kappa shape index (κ2) is 10.2. The minimum Gasteiger partial charge on any atom is -0.335 e. The van der Waals surface area contributed by atoms with Gasteiger partial charge in [0.25, 0.3) is 0 Å². The first kappa shape index (κ1) is 23.0. The number of carbonyl (C=O) groups is 1. The van der Waals surface area contributed by atoms with Crippen LogP contribution in [-0.2, 0) is 0 Å². The molecule has 4 rings (SSSR count). The molecule has 3 aromatic rings. The average Bonchev–Trinajstić information content (AvgIpc) is 2.85. The number of nitriles is 1. The van der Waals surface area contributed by atoms with Crippen LogP contribution in [0.2, 0.25) is 0 Å². The number of aliphatic imine (C=N–C) groups is 1. The molecular formula is C25H26FN7O. The SMILES string of the molecule is CC(C)C1CN(C(=O)Nc2ccc(F)cc2)CCN1/C(=N\C#N)Nc1cccc2ncccc12. The zero-order chi connectivity index (χ0) is 24.1. The van der Waals surface area contributed by atoms with E-state index < -0.39 is 0 Å². The van der Waals surface area contributed by atoms with E-state index in [4.69, 9.17) is 0 Å². The molecule has 0 spiro atoms. The molecule has 1 aliphatic rings. The topological polar surface area (TPSA) is 96.7 Å². The summed E-state index contributed by atoms with van der Waals surface area (Å²) in [5.74, 6) is 0.266. The molecule has 34 heavy (non-hydrogen) atoms. The van der Waals surface area contributed by atoms with Crippen molar-refractivity contribution >= 4 is 34.3 Å². The summed E-state index contributed by atoms with van der Waals surface area (Å²) in [6.45, 7) is 5.54. The number of piperazine rings is 1. The van der Waals surface area contributed by atoms with Crippen LogP contribution in [0, 0.1) is 23.2 Å². The number of hydrogen-bond acceptors (Lipinski definition) is 4. The summed E-state index contributed by atoms with van der Waals surface area (Å²) in [7, 11) is 0. The summed E-state index contributed by atoms with van der Waals surface area (Å²) < 4.78 is 13.2. The molecule has 174 valence electrons. The number of pyridine rings is 1. The Morgan fingerprint density at radius 3 is 2.68 bits per heavy atom. The lowest BCUT2D eigenvalue weighted by Gasteiger charge is -2.44. The number of benzene rings is 2. The lowest BCUT2D eigenvalue weighted by atomic mass is 10.00. The Balaban J connectivity index is 1.53. The molecule has 9 heteroatoms. The molecule has 1 atom stereocenters. The van der Waals surface area contributed by atoms with Crippen molar-refractivity contribution in [3.63, 3.8) is 0 Å². The van der Waals surface area contributed by atoms with E-state index in [0.29, 0.717) is 31.3 Å². The van der Waals surface area contributed by atoms with Crippen molar-refractivity contribution in [1.29, 1.82) is 5.26 Å². The van der Waals surface area contributed by atoms with Crippen LogP contribution in [0.5, 0.6) is 0 Å². The molecule has 2 heterocycles. The number of hydrogen-bond donors (Lipinski definition) is 2. The lowest BCUT2D eigenvalue weighted by Crippen LogP contribution is -2.60. The van der Waals surface area contributed by atoms with Crippen molar-refractivity contribution in [1.82, 2.24) is 14.8 Å². The second-order valence-electron chi connectivity index (χ2n) is 8.42. The van der Waals surface area contributed by atoms with E-state index in [1.807, 2.05) is 41.4 Å². The number of guanidine groups is 1. The Morgan fingerprint density at radius 1 is 1.15 bits per heavy atom. The monoisotopic (exact) mass is 459 g/mol. The van der Waals surface area contributed by atoms with Crippen LogP contribution in [-0.4, -0.2) is 52.5 Å². The molecule has 2 N–H and O–H groups in total. The quantitative estimate of drug-likeness (QED) is 0.342. The molecule has 1 aromatic heterocycles. The second-order valence-corrected chi connectivity index (χ2v) is 8.42. The third kappa shape index (κ3) is 5.07. The van der Waals surface area contributed by atoms with Crippen molar-refractivity contribution in [2.45, 2.75) is 19.9 Å². The van der Waals surface area contributed by atoms with Crippen molar-refractivity contribution < 1.29 is 9.18 Å². The van der Waals surface area contributed by atoms with Gasteiger partial charge in [0.15, 0.2) is 0 Å². The van der Waals surface area contributed by atoms with E-state index in [0.717, 1.165) is 16.6 Å². The van der Waals surface area contributed by atoms with Gasteiger partial charge in [0.2, 0.25) is 12.2 Å². The fourth-order valence-corrected chi connectivity index (χ4v) is 4.11. The number of nitrogens with one attached hydrogen (secondary N) is 2. The fourth-order valence-electron chi connectivity index (χ4n) is 4.11. The van der Waals surface area contributed by atoms with Gasteiger partial charge in [-0.05, 0) is 54.4 Å². The van der Waals surface area contributed by atoms with Gasteiger partial charge in [0, 0.05) is 36.9 Å². The highest BCUT2D eigenvalue weighted by atomic mass is 19.1. The smallest absolute Gasteiger partial charge is 0.321 e. The molecule has 0 radical (unpaired) electrons. The molecule has 0 aliphatic carbocycles. The first-order valence-electron chi connectivity index (χ1n) is 11.1. The highest BCUT2D eigenvalue weighted by Gasteiger charge is 2.34. The highest BCUT2D eigenvalue weighted by Crippen LogP contribution is 2.24. The molecule has 2 aromatic carbocycles. The van der Waals surface area contributed by atoms with Crippen LogP contribution in [0.15, 0.2) is 65.8 Å². The number of nitrogens with zero attached hydrogens (tertiary/aromatic N) is 5. The van der Waals surface area contributed by atoms with E-state index in [1.54, 1.807) is 11.1 Å². The maximum atomic E-state index is 13.2. The van der Waals surface area contributed by atoms with Crippen molar-refractivity contribution in [3.8, 4) is 6.19 Å². The number of rotatable bonds is 3. The molecule has 0 saturated carbocycles. The molecule has 0 bridgehead atoms. The Bertz CT molecular complexity index is 1230. The lowest BCUT2D eigenvalue weighted by molar-refractivity contribution is 0.120. The van der Waals surface area contributed by atoms with Gasteiger partial charge < -0.3 is 20.4 Å². The summed E-state index contributed by atoms with van der Waals surface area (Å²) >= 11 is 0. The third-order valence-corrected chi connectivity index (χ3v) is 5.89. The number of fused-ring (bicyclic) bond motifs is 1. The number of anilines is 2. The predicted octanol–water partition coefficient (Wildman–Crippen LogP) is 4.50. The van der Waals surface area contributed by atoms with Gasteiger partial charge in [0.1, 0.15) is 5.82 Å². The fraction of sp³-hybridized carbons (Fsp3) is 0.280. The minimum absolute atomic E-state index is 0.0691. The Labute approximate surface area is 197 Å². The maximum Gasteiger partial charge on any atom is 0.321 e. The molecule has 1 aliphatic heterocycles. The summed E-state index contributed by atoms with van der Waals surface area (Å²) in [6.07, 6.45) is 3.65. The zero-order valence-corrected chi connectivity index (χ0v) is 19.1. The summed E-state index contributed by atoms with van der Waals surface area (Å²) in [4.78, 5) is 25.1. The molecule has 1 fully saturated rings. The van der Waals surface area contributed by atoms with Crippen molar-refractivity contribution in [3.05, 3.63) is 66.6 Å². The van der Waals surface area contributed by atoms with Crippen molar-refractivity contribution in [2.75, 3.05) is 30.3 Å². The molecule has 2 amide bonds. The average molecular weight is 460 g/mol. The van der Waals surface area contributed by atoms with Gasteiger partial charge in [-0.25, -0.2) is 9.18 Å². The van der Waals surface area contributed by atoms with Crippen LogP contribution in [0.25, 0.3) is 10.9 Å².